The van der Waals surface area contributed by atoms with E-state index in [1.165, 1.54) is 77.0 Å². The second kappa shape index (κ2) is 15.4. The fraction of sp³-hybridized carbons (Fsp3) is 0.793. The Bertz CT molecular complexity index is 653. The first-order valence-corrected chi connectivity index (χ1v) is 13.6. The first kappa shape index (κ1) is 28.6. The van der Waals surface area contributed by atoms with E-state index in [4.69, 9.17) is 14.6 Å². The van der Waals surface area contributed by atoms with E-state index in [0.717, 1.165) is 24.2 Å². The van der Waals surface area contributed by atoms with Crippen LogP contribution in [0.1, 0.15) is 97.3 Å². The summed E-state index contributed by atoms with van der Waals surface area (Å²) in [7, 11) is 0. The largest absolute Gasteiger partial charge is 0.462 e. The van der Waals surface area contributed by atoms with Crippen molar-refractivity contribution in [1.29, 1.82) is 0 Å². The van der Waals surface area contributed by atoms with Gasteiger partial charge in [-0.05, 0) is 62.7 Å². The van der Waals surface area contributed by atoms with Crippen molar-refractivity contribution >= 4 is 11.9 Å². The highest BCUT2D eigenvalue weighted by atomic mass is 16.5. The molecule has 2 saturated carbocycles. The Morgan fingerprint density at radius 1 is 0.853 bits per heavy atom. The average molecular weight is 477 g/mol. The minimum Gasteiger partial charge on any atom is -0.462 e. The number of hydrogen-bond acceptors (Lipinski definition) is 5. The van der Waals surface area contributed by atoms with E-state index in [1.807, 2.05) is 0 Å². The van der Waals surface area contributed by atoms with Crippen LogP contribution in [0, 0.1) is 29.6 Å². The minimum atomic E-state index is -0.590. The highest BCUT2D eigenvalue weighted by Crippen LogP contribution is 2.43. The predicted octanol–water partition coefficient (Wildman–Crippen LogP) is 6.40. The summed E-state index contributed by atoms with van der Waals surface area (Å²) < 4.78 is 10.7. The normalized spacial score (nSPS) is 25.9. The van der Waals surface area contributed by atoms with Crippen molar-refractivity contribution in [3.8, 4) is 0 Å². The molecular formula is C29H48O5. The third kappa shape index (κ3) is 9.93. The molecule has 0 heterocycles. The molecule has 2 aliphatic carbocycles. The van der Waals surface area contributed by atoms with Crippen LogP contribution < -0.4 is 0 Å². The van der Waals surface area contributed by atoms with E-state index in [1.54, 1.807) is 6.92 Å². The molecule has 0 spiro atoms. The number of carbonyl (C=O) groups excluding carboxylic acids is 2. The maximum absolute atomic E-state index is 11.9. The second-order valence-electron chi connectivity index (χ2n) is 10.9. The summed E-state index contributed by atoms with van der Waals surface area (Å²) in [5, 5.41) is 9.08. The third-order valence-corrected chi connectivity index (χ3v) is 8.06. The Morgan fingerprint density at radius 2 is 1.38 bits per heavy atom. The van der Waals surface area contributed by atoms with Gasteiger partial charge in [-0.1, -0.05) is 71.4 Å². The Kier molecular flexibility index (Phi) is 13.0. The smallest absolute Gasteiger partial charge is 0.335 e. The fourth-order valence-corrected chi connectivity index (χ4v) is 5.86. The SMILES string of the molecule is C=C(C)C(=O)OCC(COC(=O)C(=C)CO)CC1CCC(C2CCC(CCCCC)CC2)CC1. The molecular weight excluding hydrogens is 428 g/mol. The first-order valence-electron chi connectivity index (χ1n) is 13.6. The molecule has 34 heavy (non-hydrogen) atoms. The maximum Gasteiger partial charge on any atom is 0.335 e. The molecule has 1 unspecified atom stereocenters. The fourth-order valence-electron chi connectivity index (χ4n) is 5.86. The van der Waals surface area contributed by atoms with Crippen LogP contribution in [0.3, 0.4) is 0 Å². The van der Waals surface area contributed by atoms with Crippen molar-refractivity contribution in [2.45, 2.75) is 97.3 Å². The molecule has 0 radical (unpaired) electrons. The molecule has 194 valence electrons. The summed E-state index contributed by atoms with van der Waals surface area (Å²) in [5.41, 5.74) is 0.406. The number of carbonyl (C=O) groups is 2. The molecule has 0 aliphatic heterocycles. The summed E-state index contributed by atoms with van der Waals surface area (Å²) in [6, 6.07) is 0. The molecule has 2 rings (SSSR count). The minimum absolute atomic E-state index is 0.0401. The van der Waals surface area contributed by atoms with Crippen molar-refractivity contribution < 1.29 is 24.2 Å². The van der Waals surface area contributed by atoms with Gasteiger partial charge in [0.15, 0.2) is 0 Å². The lowest BCUT2D eigenvalue weighted by Crippen LogP contribution is -2.28. The van der Waals surface area contributed by atoms with Crippen molar-refractivity contribution in [3.63, 3.8) is 0 Å². The van der Waals surface area contributed by atoms with Gasteiger partial charge in [0.1, 0.15) is 0 Å². The highest BCUT2D eigenvalue weighted by Gasteiger charge is 2.32. The number of aliphatic hydroxyl groups is 1. The Morgan fingerprint density at radius 3 is 1.88 bits per heavy atom. The van der Waals surface area contributed by atoms with Gasteiger partial charge in [-0.3, -0.25) is 0 Å². The Balaban J connectivity index is 1.77. The van der Waals surface area contributed by atoms with E-state index < -0.39 is 18.5 Å². The highest BCUT2D eigenvalue weighted by molar-refractivity contribution is 5.88. The molecule has 0 aromatic heterocycles. The molecule has 1 N–H and O–H groups in total. The molecule has 0 aromatic rings. The van der Waals surface area contributed by atoms with Crippen LogP contribution in [0.25, 0.3) is 0 Å². The van der Waals surface area contributed by atoms with Gasteiger partial charge in [0.25, 0.3) is 0 Å². The van der Waals surface area contributed by atoms with Crippen LogP contribution in [0.4, 0.5) is 0 Å². The predicted molar refractivity (Wildman–Crippen MR) is 136 cm³/mol. The molecule has 0 amide bonds. The number of aliphatic hydroxyl groups excluding tert-OH is 1. The molecule has 5 heteroatoms. The topological polar surface area (TPSA) is 72.8 Å². The van der Waals surface area contributed by atoms with Gasteiger partial charge in [-0.15, -0.1) is 0 Å². The van der Waals surface area contributed by atoms with Gasteiger partial charge in [-0.2, -0.15) is 0 Å². The van der Waals surface area contributed by atoms with E-state index in [-0.39, 0.29) is 24.7 Å². The third-order valence-electron chi connectivity index (χ3n) is 8.06. The number of ether oxygens (including phenoxy) is 2. The second-order valence-corrected chi connectivity index (χ2v) is 10.9. The monoisotopic (exact) mass is 476 g/mol. The molecule has 0 saturated heterocycles. The number of rotatable bonds is 14. The summed E-state index contributed by atoms with van der Waals surface area (Å²) in [6.45, 7) is 11.0. The Hall–Kier alpha value is -1.62. The van der Waals surface area contributed by atoms with Crippen LogP contribution in [0.5, 0.6) is 0 Å². The molecule has 1 atom stereocenters. The van der Waals surface area contributed by atoms with Gasteiger partial charge in [-0.25, -0.2) is 9.59 Å². The standard InChI is InChI=1S/C29H48O5/c1-5-6-7-8-23-9-13-26(14-10-23)27-15-11-24(12-16-27)17-25(19-33-28(31)21(2)3)20-34-29(32)22(4)18-30/h23-27,30H,2,4-20H2,1,3H3. The van der Waals surface area contributed by atoms with Crippen LogP contribution in [0.15, 0.2) is 24.3 Å². The number of unbranched alkanes of at least 4 members (excludes halogenated alkanes) is 2. The van der Waals surface area contributed by atoms with Crippen molar-refractivity contribution in [3.05, 3.63) is 24.3 Å². The quantitative estimate of drug-likeness (QED) is 0.178. The summed E-state index contributed by atoms with van der Waals surface area (Å²) >= 11 is 0. The maximum atomic E-state index is 11.9. The van der Waals surface area contributed by atoms with E-state index >= 15 is 0 Å². The van der Waals surface area contributed by atoms with Gasteiger partial charge in [0, 0.05) is 11.5 Å². The van der Waals surface area contributed by atoms with Crippen LogP contribution in [0.2, 0.25) is 0 Å². The van der Waals surface area contributed by atoms with Gasteiger partial charge < -0.3 is 14.6 Å². The first-order chi connectivity index (χ1) is 16.3. The summed E-state index contributed by atoms with van der Waals surface area (Å²) in [4.78, 5) is 23.8. The zero-order chi connectivity index (χ0) is 24.9. The molecule has 2 aliphatic rings. The van der Waals surface area contributed by atoms with Crippen LogP contribution >= 0.6 is 0 Å². The van der Waals surface area contributed by atoms with Gasteiger partial charge >= 0.3 is 11.9 Å². The number of hydrogen-bond donors (Lipinski definition) is 1. The van der Waals surface area contributed by atoms with Crippen LogP contribution in [-0.4, -0.2) is 36.9 Å². The summed E-state index contributed by atoms with van der Waals surface area (Å²) in [5.74, 6) is 2.23. The Labute approximate surface area is 207 Å². The zero-order valence-electron chi connectivity index (χ0n) is 21.7. The molecule has 0 aromatic carbocycles. The zero-order valence-corrected chi connectivity index (χ0v) is 21.7. The molecule has 5 nitrogen and oxygen atoms in total. The van der Waals surface area contributed by atoms with E-state index in [0.29, 0.717) is 11.5 Å². The lowest BCUT2D eigenvalue weighted by Gasteiger charge is -2.38. The van der Waals surface area contributed by atoms with E-state index in [2.05, 4.69) is 20.1 Å². The molecule has 2 fully saturated rings. The van der Waals surface area contributed by atoms with Gasteiger partial charge in [0.2, 0.25) is 0 Å². The lowest BCUT2D eigenvalue weighted by atomic mass is 9.68. The lowest BCUT2D eigenvalue weighted by molar-refractivity contribution is -0.144. The van der Waals surface area contributed by atoms with Crippen molar-refractivity contribution in [2.24, 2.45) is 29.6 Å². The van der Waals surface area contributed by atoms with Crippen molar-refractivity contribution in [1.82, 2.24) is 0 Å². The van der Waals surface area contributed by atoms with Gasteiger partial charge in [0.05, 0.1) is 25.4 Å². The van der Waals surface area contributed by atoms with Crippen molar-refractivity contribution in [2.75, 3.05) is 19.8 Å². The molecule has 0 bridgehead atoms. The van der Waals surface area contributed by atoms with Crippen LogP contribution in [-0.2, 0) is 19.1 Å². The number of esters is 2. The van der Waals surface area contributed by atoms with E-state index in [9.17, 15) is 9.59 Å². The summed E-state index contributed by atoms with van der Waals surface area (Å²) in [6.07, 6.45) is 17.1. The average Bonchev–Trinajstić information content (AvgIpc) is 2.85.